The first kappa shape index (κ1) is 21.6. The van der Waals surface area contributed by atoms with E-state index in [1.807, 2.05) is 4.90 Å². The Kier molecular flexibility index (Phi) is 6.53. The van der Waals surface area contributed by atoms with Crippen LogP contribution in [0.15, 0.2) is 53.4 Å². The van der Waals surface area contributed by atoms with Gasteiger partial charge in [0.05, 0.1) is 11.6 Å². The highest BCUT2D eigenvalue weighted by atomic mass is 32.2. The molecule has 1 amide bonds. The highest BCUT2D eigenvalue weighted by molar-refractivity contribution is 8.00. The van der Waals surface area contributed by atoms with Crippen molar-refractivity contribution in [1.82, 2.24) is 9.80 Å². The van der Waals surface area contributed by atoms with Gasteiger partial charge in [0.2, 0.25) is 5.91 Å². The summed E-state index contributed by atoms with van der Waals surface area (Å²) in [5.41, 5.74) is -0.175. The Balaban J connectivity index is 1.77. The summed E-state index contributed by atoms with van der Waals surface area (Å²) in [6.45, 7) is 0.817. The van der Waals surface area contributed by atoms with Crippen LogP contribution >= 0.6 is 11.8 Å². The Labute approximate surface area is 171 Å². The third kappa shape index (κ3) is 5.51. The molecule has 0 bridgehead atoms. The van der Waals surface area contributed by atoms with E-state index in [1.54, 1.807) is 44.1 Å². The Morgan fingerprint density at radius 2 is 1.86 bits per heavy atom. The molecular formula is C21H22F4N2OS. The molecule has 156 valence electrons. The maximum absolute atomic E-state index is 13.1. The number of likely N-dealkylation sites (tertiary alicyclic amines) is 1. The van der Waals surface area contributed by atoms with Gasteiger partial charge < -0.3 is 4.90 Å². The Bertz CT molecular complexity index is 855. The number of halogens is 4. The van der Waals surface area contributed by atoms with Crippen molar-refractivity contribution >= 4 is 17.7 Å². The molecule has 2 aromatic carbocycles. The van der Waals surface area contributed by atoms with Gasteiger partial charge in [-0.05, 0) is 42.3 Å². The molecule has 3 nitrogen and oxygen atoms in total. The molecule has 0 aliphatic carbocycles. The van der Waals surface area contributed by atoms with Gasteiger partial charge in [-0.25, -0.2) is 4.39 Å². The van der Waals surface area contributed by atoms with E-state index in [2.05, 4.69) is 0 Å². The number of carbonyl (C=O) groups excluding carboxylic acids is 1. The summed E-state index contributed by atoms with van der Waals surface area (Å²) >= 11 is 1.56. The molecule has 1 fully saturated rings. The molecule has 2 atom stereocenters. The predicted octanol–water partition coefficient (Wildman–Crippen LogP) is 4.67. The largest absolute Gasteiger partial charge is 0.416 e. The highest BCUT2D eigenvalue weighted by Gasteiger charge is 2.38. The summed E-state index contributed by atoms with van der Waals surface area (Å²) in [6.07, 6.45) is -3.82. The number of hydrogen-bond donors (Lipinski definition) is 0. The lowest BCUT2D eigenvalue weighted by atomic mass is 10.1. The molecule has 0 spiro atoms. The number of amides is 1. The molecule has 1 saturated heterocycles. The second kappa shape index (κ2) is 8.75. The smallest absolute Gasteiger partial charge is 0.347 e. The van der Waals surface area contributed by atoms with Crippen molar-refractivity contribution < 1.29 is 22.4 Å². The minimum atomic E-state index is -4.40. The normalized spacial score (nSPS) is 20.1. The number of benzene rings is 2. The first-order valence-electron chi connectivity index (χ1n) is 9.17. The Morgan fingerprint density at radius 1 is 1.17 bits per heavy atom. The van der Waals surface area contributed by atoms with Crippen molar-refractivity contribution in [3.05, 3.63) is 65.5 Å². The zero-order chi connectivity index (χ0) is 21.2. The van der Waals surface area contributed by atoms with Crippen LogP contribution in [0.4, 0.5) is 17.6 Å². The van der Waals surface area contributed by atoms with Gasteiger partial charge >= 0.3 is 6.18 Å². The molecule has 0 saturated carbocycles. The van der Waals surface area contributed by atoms with Gasteiger partial charge in [-0.2, -0.15) is 13.2 Å². The van der Waals surface area contributed by atoms with Crippen molar-refractivity contribution in [3.63, 3.8) is 0 Å². The molecule has 0 N–H and O–H groups in total. The van der Waals surface area contributed by atoms with Crippen LogP contribution in [-0.2, 0) is 17.5 Å². The van der Waals surface area contributed by atoms with Gasteiger partial charge in [-0.1, -0.05) is 18.2 Å². The number of alkyl halides is 3. The fourth-order valence-corrected chi connectivity index (χ4v) is 4.69. The maximum Gasteiger partial charge on any atom is 0.416 e. The molecule has 0 unspecified atom stereocenters. The van der Waals surface area contributed by atoms with E-state index < -0.39 is 17.8 Å². The fourth-order valence-electron chi connectivity index (χ4n) is 3.46. The van der Waals surface area contributed by atoms with Gasteiger partial charge in [0.25, 0.3) is 0 Å². The average Bonchev–Trinajstić information content (AvgIpc) is 3.04. The molecule has 1 heterocycles. The van der Waals surface area contributed by atoms with Crippen molar-refractivity contribution in [2.45, 2.75) is 35.3 Å². The maximum atomic E-state index is 13.1. The van der Waals surface area contributed by atoms with Crippen molar-refractivity contribution in [1.29, 1.82) is 0 Å². The topological polar surface area (TPSA) is 23.6 Å². The average molecular weight is 426 g/mol. The number of thioether (sulfide) groups is 1. The van der Waals surface area contributed by atoms with E-state index in [9.17, 15) is 22.4 Å². The Hall–Kier alpha value is -2.06. The first-order chi connectivity index (χ1) is 13.6. The van der Waals surface area contributed by atoms with Crippen LogP contribution in [0.25, 0.3) is 0 Å². The lowest BCUT2D eigenvalue weighted by molar-refractivity contribution is -0.138. The van der Waals surface area contributed by atoms with Crippen LogP contribution in [0.2, 0.25) is 0 Å². The lowest BCUT2D eigenvalue weighted by Gasteiger charge is -2.26. The van der Waals surface area contributed by atoms with Crippen LogP contribution < -0.4 is 0 Å². The second-order valence-electron chi connectivity index (χ2n) is 7.31. The Morgan fingerprint density at radius 3 is 2.48 bits per heavy atom. The van der Waals surface area contributed by atoms with Crippen LogP contribution in [0.5, 0.6) is 0 Å². The quantitative estimate of drug-likeness (QED) is 0.650. The fraction of sp³-hybridized carbons (Fsp3) is 0.381. The lowest BCUT2D eigenvalue weighted by Crippen LogP contribution is -2.42. The van der Waals surface area contributed by atoms with E-state index in [0.717, 1.165) is 17.0 Å². The van der Waals surface area contributed by atoms with E-state index in [1.165, 1.54) is 23.1 Å². The van der Waals surface area contributed by atoms with Crippen molar-refractivity contribution in [3.8, 4) is 0 Å². The molecule has 29 heavy (non-hydrogen) atoms. The summed E-state index contributed by atoms with van der Waals surface area (Å²) < 4.78 is 52.2. The van der Waals surface area contributed by atoms with Gasteiger partial charge in [0.1, 0.15) is 5.82 Å². The number of nitrogens with zero attached hydrogens (tertiary/aromatic N) is 2. The third-order valence-corrected chi connectivity index (χ3v) is 6.07. The molecular weight excluding hydrogens is 404 g/mol. The third-order valence-electron chi connectivity index (χ3n) is 4.85. The second-order valence-corrected chi connectivity index (χ2v) is 8.68. The molecule has 0 aromatic heterocycles. The summed E-state index contributed by atoms with van der Waals surface area (Å²) in [5, 5.41) is 0.0835. The monoisotopic (exact) mass is 426 g/mol. The summed E-state index contributed by atoms with van der Waals surface area (Å²) in [7, 11) is 3.34. The standard InChI is InChI=1S/C21H22F4N2OS/c1-26(2)20(28)19-11-18(29-17-8-6-16(22)7-9-17)13-27(19)12-14-4-3-5-15(10-14)21(23,24)25/h3-10,18-19H,11-13H2,1-2H3/t18-,19+/m1/s1. The van der Waals surface area contributed by atoms with E-state index in [4.69, 9.17) is 0 Å². The van der Waals surface area contributed by atoms with Crippen molar-refractivity contribution in [2.24, 2.45) is 0 Å². The number of carbonyl (C=O) groups is 1. The predicted molar refractivity (Wildman–Crippen MR) is 105 cm³/mol. The van der Waals surface area contributed by atoms with Gasteiger partial charge in [-0.3, -0.25) is 9.69 Å². The summed E-state index contributed by atoms with van der Waals surface area (Å²) in [4.78, 5) is 17.0. The minimum Gasteiger partial charge on any atom is -0.347 e. The van der Waals surface area contributed by atoms with Crippen LogP contribution in [-0.4, -0.2) is 47.6 Å². The first-order valence-corrected chi connectivity index (χ1v) is 10.0. The van der Waals surface area contributed by atoms with Gasteiger partial charge in [-0.15, -0.1) is 11.8 Å². The molecule has 1 aliphatic rings. The van der Waals surface area contributed by atoms with Gasteiger partial charge in [0.15, 0.2) is 0 Å². The summed E-state index contributed by atoms with van der Waals surface area (Å²) in [5.74, 6) is -0.383. The van der Waals surface area contributed by atoms with Gasteiger partial charge in [0, 0.05) is 37.3 Å². The van der Waals surface area contributed by atoms with Crippen LogP contribution in [0, 0.1) is 5.82 Å². The number of hydrogen-bond acceptors (Lipinski definition) is 3. The van der Waals surface area contributed by atoms with Crippen molar-refractivity contribution in [2.75, 3.05) is 20.6 Å². The van der Waals surface area contributed by atoms with E-state index >= 15 is 0 Å². The number of rotatable bonds is 5. The molecule has 0 radical (unpaired) electrons. The zero-order valence-corrected chi connectivity index (χ0v) is 16.9. The zero-order valence-electron chi connectivity index (χ0n) is 16.1. The van der Waals surface area contributed by atoms with Crippen LogP contribution in [0.1, 0.15) is 17.5 Å². The van der Waals surface area contributed by atoms with E-state index in [-0.39, 0.29) is 23.5 Å². The highest BCUT2D eigenvalue weighted by Crippen LogP contribution is 2.35. The SMILES string of the molecule is CN(C)C(=O)[C@@H]1C[C@@H](Sc2ccc(F)cc2)CN1Cc1cccc(C(F)(F)F)c1. The molecule has 1 aliphatic heterocycles. The summed E-state index contributed by atoms with van der Waals surface area (Å²) in [6, 6.07) is 11.0. The minimum absolute atomic E-state index is 0.0702. The molecule has 2 aromatic rings. The number of likely N-dealkylation sites (N-methyl/N-ethyl adjacent to an activating group) is 1. The van der Waals surface area contributed by atoms with E-state index in [0.29, 0.717) is 18.5 Å². The van der Waals surface area contributed by atoms with Crippen LogP contribution in [0.3, 0.4) is 0 Å². The molecule has 3 rings (SSSR count). The molecule has 8 heteroatoms.